The quantitative estimate of drug-likeness (QED) is 0.822. The van der Waals surface area contributed by atoms with E-state index in [0.29, 0.717) is 5.56 Å². The molecule has 0 bridgehead atoms. The fraction of sp³-hybridized carbons (Fsp3) is 0.235. The standard InChI is InChI=1S/C17H19NO3/c1-3-15(12-8-10-13(19)11-9-12)18-16-7-5-4-6-14(16)17(20)21-2/h4-11,15,18-19H,3H2,1-2H3. The highest BCUT2D eigenvalue weighted by Crippen LogP contribution is 2.26. The van der Waals surface area contributed by atoms with Crippen LogP contribution in [0.4, 0.5) is 5.69 Å². The van der Waals surface area contributed by atoms with Crippen LogP contribution in [0.5, 0.6) is 5.75 Å². The van der Waals surface area contributed by atoms with E-state index >= 15 is 0 Å². The fourth-order valence-electron chi connectivity index (χ4n) is 2.21. The highest BCUT2D eigenvalue weighted by atomic mass is 16.5. The Labute approximate surface area is 124 Å². The second kappa shape index (κ2) is 6.79. The SMILES string of the molecule is CCC(Nc1ccccc1C(=O)OC)c1ccc(O)cc1. The molecule has 0 amide bonds. The smallest absolute Gasteiger partial charge is 0.339 e. The summed E-state index contributed by atoms with van der Waals surface area (Å²) < 4.78 is 4.80. The van der Waals surface area contributed by atoms with Gasteiger partial charge in [-0.15, -0.1) is 0 Å². The summed E-state index contributed by atoms with van der Waals surface area (Å²) in [5.41, 5.74) is 2.30. The summed E-state index contributed by atoms with van der Waals surface area (Å²) in [4.78, 5) is 11.8. The van der Waals surface area contributed by atoms with Crippen molar-refractivity contribution in [3.8, 4) is 5.75 Å². The van der Waals surface area contributed by atoms with Crippen LogP contribution < -0.4 is 5.32 Å². The zero-order valence-corrected chi connectivity index (χ0v) is 12.2. The molecule has 0 heterocycles. The van der Waals surface area contributed by atoms with Gasteiger partial charge < -0.3 is 15.2 Å². The summed E-state index contributed by atoms with van der Waals surface area (Å²) in [7, 11) is 1.37. The number of aromatic hydroxyl groups is 1. The number of hydrogen-bond acceptors (Lipinski definition) is 4. The number of carbonyl (C=O) groups excluding carboxylic acids is 1. The van der Waals surface area contributed by atoms with E-state index in [1.165, 1.54) is 7.11 Å². The van der Waals surface area contributed by atoms with Crippen LogP contribution in [0.2, 0.25) is 0 Å². The molecule has 2 aromatic rings. The molecule has 21 heavy (non-hydrogen) atoms. The third kappa shape index (κ3) is 3.54. The largest absolute Gasteiger partial charge is 0.508 e. The van der Waals surface area contributed by atoms with Gasteiger partial charge in [-0.05, 0) is 36.2 Å². The van der Waals surface area contributed by atoms with Gasteiger partial charge in [-0.25, -0.2) is 4.79 Å². The molecule has 4 nitrogen and oxygen atoms in total. The van der Waals surface area contributed by atoms with E-state index in [-0.39, 0.29) is 17.8 Å². The van der Waals surface area contributed by atoms with Crippen LogP contribution in [0, 0.1) is 0 Å². The number of nitrogens with one attached hydrogen (secondary N) is 1. The van der Waals surface area contributed by atoms with Crippen LogP contribution in [0.3, 0.4) is 0 Å². The number of ether oxygens (including phenoxy) is 1. The van der Waals surface area contributed by atoms with E-state index in [2.05, 4.69) is 12.2 Å². The lowest BCUT2D eigenvalue weighted by atomic mass is 10.0. The van der Waals surface area contributed by atoms with Gasteiger partial charge in [-0.2, -0.15) is 0 Å². The van der Waals surface area contributed by atoms with Crippen molar-refractivity contribution in [2.45, 2.75) is 19.4 Å². The number of para-hydroxylation sites is 1. The number of phenols is 1. The summed E-state index contributed by atoms with van der Waals surface area (Å²) >= 11 is 0. The highest BCUT2D eigenvalue weighted by molar-refractivity contribution is 5.95. The van der Waals surface area contributed by atoms with Gasteiger partial charge in [0, 0.05) is 5.69 Å². The van der Waals surface area contributed by atoms with E-state index in [0.717, 1.165) is 17.7 Å². The van der Waals surface area contributed by atoms with E-state index in [4.69, 9.17) is 4.74 Å². The minimum absolute atomic E-state index is 0.0522. The summed E-state index contributed by atoms with van der Waals surface area (Å²) in [6.45, 7) is 2.06. The topological polar surface area (TPSA) is 58.6 Å². The molecule has 0 aliphatic rings. The number of phenolic OH excluding ortho intramolecular Hbond substituents is 1. The molecule has 0 aliphatic carbocycles. The summed E-state index contributed by atoms with van der Waals surface area (Å²) in [6.07, 6.45) is 0.848. The van der Waals surface area contributed by atoms with Crippen LogP contribution in [0.15, 0.2) is 48.5 Å². The molecular weight excluding hydrogens is 266 g/mol. The Balaban J connectivity index is 2.27. The van der Waals surface area contributed by atoms with E-state index in [9.17, 15) is 9.90 Å². The first kappa shape index (κ1) is 14.9. The second-order valence-corrected chi connectivity index (χ2v) is 4.73. The normalized spacial score (nSPS) is 11.7. The first-order valence-electron chi connectivity index (χ1n) is 6.88. The minimum Gasteiger partial charge on any atom is -0.508 e. The number of esters is 1. The van der Waals surface area contributed by atoms with Gasteiger partial charge in [0.15, 0.2) is 0 Å². The average molecular weight is 285 g/mol. The fourth-order valence-corrected chi connectivity index (χ4v) is 2.21. The van der Waals surface area contributed by atoms with Crippen molar-refractivity contribution in [2.75, 3.05) is 12.4 Å². The molecular formula is C17H19NO3. The van der Waals surface area contributed by atoms with Crippen molar-refractivity contribution in [1.29, 1.82) is 0 Å². The Bertz CT molecular complexity index is 608. The predicted octanol–water partition coefficient (Wildman–Crippen LogP) is 3.74. The van der Waals surface area contributed by atoms with Crippen LogP contribution in [0.1, 0.15) is 35.3 Å². The number of carbonyl (C=O) groups is 1. The van der Waals surface area contributed by atoms with E-state index in [1.807, 2.05) is 24.3 Å². The molecule has 0 radical (unpaired) electrons. The van der Waals surface area contributed by atoms with Crippen molar-refractivity contribution in [1.82, 2.24) is 0 Å². The molecule has 2 rings (SSSR count). The molecule has 0 saturated carbocycles. The molecule has 0 aromatic heterocycles. The first-order valence-corrected chi connectivity index (χ1v) is 6.88. The molecule has 0 spiro atoms. The lowest BCUT2D eigenvalue weighted by molar-refractivity contribution is 0.0602. The van der Waals surface area contributed by atoms with Crippen molar-refractivity contribution >= 4 is 11.7 Å². The number of hydrogen-bond donors (Lipinski definition) is 2. The average Bonchev–Trinajstić information content (AvgIpc) is 2.53. The van der Waals surface area contributed by atoms with Crippen molar-refractivity contribution < 1.29 is 14.6 Å². The summed E-state index contributed by atoms with van der Waals surface area (Å²) in [5.74, 6) is -0.123. The van der Waals surface area contributed by atoms with Crippen molar-refractivity contribution in [3.63, 3.8) is 0 Å². The van der Waals surface area contributed by atoms with Crippen LogP contribution in [-0.4, -0.2) is 18.2 Å². The maximum Gasteiger partial charge on any atom is 0.339 e. The molecule has 0 saturated heterocycles. The minimum atomic E-state index is -0.362. The Morgan fingerprint density at radius 2 is 1.86 bits per heavy atom. The van der Waals surface area contributed by atoms with Gasteiger partial charge in [-0.1, -0.05) is 31.2 Å². The Hall–Kier alpha value is -2.49. The number of methoxy groups -OCH3 is 1. The molecule has 0 fully saturated rings. The van der Waals surface area contributed by atoms with Gasteiger partial charge in [0.2, 0.25) is 0 Å². The third-order valence-corrected chi connectivity index (χ3v) is 3.37. The maximum absolute atomic E-state index is 11.8. The Morgan fingerprint density at radius 1 is 1.19 bits per heavy atom. The molecule has 2 aromatic carbocycles. The molecule has 110 valence electrons. The second-order valence-electron chi connectivity index (χ2n) is 4.73. The lowest BCUT2D eigenvalue weighted by Crippen LogP contribution is -2.13. The van der Waals surface area contributed by atoms with Gasteiger partial charge in [0.1, 0.15) is 5.75 Å². The lowest BCUT2D eigenvalue weighted by Gasteiger charge is -2.20. The number of anilines is 1. The summed E-state index contributed by atoms with van der Waals surface area (Å²) in [6, 6.07) is 14.4. The van der Waals surface area contributed by atoms with Gasteiger partial charge in [0.05, 0.1) is 18.7 Å². The monoisotopic (exact) mass is 285 g/mol. The summed E-state index contributed by atoms with van der Waals surface area (Å²) in [5, 5.41) is 12.7. The van der Waals surface area contributed by atoms with E-state index < -0.39 is 0 Å². The van der Waals surface area contributed by atoms with Crippen LogP contribution in [-0.2, 0) is 4.74 Å². The molecule has 2 N–H and O–H groups in total. The molecule has 1 unspecified atom stereocenters. The predicted molar refractivity (Wildman–Crippen MR) is 82.5 cm³/mol. The molecule has 4 heteroatoms. The first-order chi connectivity index (χ1) is 10.2. The number of benzene rings is 2. The van der Waals surface area contributed by atoms with E-state index in [1.54, 1.807) is 24.3 Å². The van der Waals surface area contributed by atoms with Gasteiger partial charge in [0.25, 0.3) is 0 Å². The van der Waals surface area contributed by atoms with Crippen LogP contribution >= 0.6 is 0 Å². The Morgan fingerprint density at radius 3 is 2.48 bits per heavy atom. The molecule has 1 atom stereocenters. The Kier molecular flexibility index (Phi) is 4.82. The molecule has 0 aliphatic heterocycles. The zero-order chi connectivity index (χ0) is 15.2. The van der Waals surface area contributed by atoms with Crippen LogP contribution in [0.25, 0.3) is 0 Å². The van der Waals surface area contributed by atoms with Gasteiger partial charge >= 0.3 is 5.97 Å². The zero-order valence-electron chi connectivity index (χ0n) is 12.2. The van der Waals surface area contributed by atoms with Crippen molar-refractivity contribution in [2.24, 2.45) is 0 Å². The van der Waals surface area contributed by atoms with Crippen molar-refractivity contribution in [3.05, 3.63) is 59.7 Å². The third-order valence-electron chi connectivity index (χ3n) is 3.37. The number of rotatable bonds is 5. The highest BCUT2D eigenvalue weighted by Gasteiger charge is 2.15. The maximum atomic E-state index is 11.8. The van der Waals surface area contributed by atoms with Gasteiger partial charge in [-0.3, -0.25) is 0 Å².